The normalized spacial score (nSPS) is 7.10. The molecule has 0 radical (unpaired) electrons. The van der Waals surface area contributed by atoms with Crippen molar-refractivity contribution >= 4 is 0 Å². The molecule has 0 unspecified atom stereocenters. The number of hydrogen-bond donors (Lipinski definition) is 3. The van der Waals surface area contributed by atoms with Crippen LogP contribution < -0.4 is 16.0 Å². The largest absolute Gasteiger partial charge is 0.358 e. The molecular weight excluding hydrogens is 282 g/mol. The fourth-order valence-corrected chi connectivity index (χ4v) is 0.340. The fourth-order valence-electron chi connectivity index (χ4n) is 0.340. The summed E-state index contributed by atoms with van der Waals surface area (Å²) in [5.41, 5.74) is 0. The molecule has 0 saturated heterocycles. The molecule has 0 saturated carbocycles. The monoisotopic (exact) mass is 323 g/mol. The van der Waals surface area contributed by atoms with Gasteiger partial charge in [0, 0.05) is 21.7 Å². The van der Waals surface area contributed by atoms with E-state index < -0.39 is 0 Å². The van der Waals surface area contributed by atoms with Crippen LogP contribution in [-0.4, -0.2) is 42.3 Å². The molecule has 0 amide bonds. The Labute approximate surface area is 148 Å². The van der Waals surface area contributed by atoms with E-state index in [1.807, 2.05) is 54.4 Å². The second-order valence-electron chi connectivity index (χ2n) is 2.50. The SMILES string of the molecule is CNC.CNC.CNC.[C-]1=CC=CC1.[CH3-].[CH3-].[CH3-].[CH3-].[CH3-].[Ti]. The van der Waals surface area contributed by atoms with Gasteiger partial charge in [-0.25, -0.2) is 12.2 Å². The summed E-state index contributed by atoms with van der Waals surface area (Å²) in [6.07, 6.45) is 10.0. The Morgan fingerprint density at radius 2 is 0.950 bits per heavy atom. The van der Waals surface area contributed by atoms with E-state index in [9.17, 15) is 0 Å². The van der Waals surface area contributed by atoms with Crippen molar-refractivity contribution in [3.05, 3.63) is 61.4 Å². The molecule has 0 fully saturated rings. The van der Waals surface area contributed by atoms with Gasteiger partial charge in [-0.1, -0.05) is 0 Å². The van der Waals surface area contributed by atoms with Gasteiger partial charge in [-0.05, 0) is 42.3 Å². The van der Waals surface area contributed by atoms with Gasteiger partial charge in [0.2, 0.25) is 0 Å². The van der Waals surface area contributed by atoms with Gasteiger partial charge in [0.05, 0.1) is 0 Å². The third-order valence-corrected chi connectivity index (χ3v) is 0.586. The molecule has 1 rings (SSSR count). The maximum atomic E-state index is 2.99. The average Bonchev–Trinajstić information content (AvgIpc) is 2.63. The molecule has 0 aromatic carbocycles. The molecule has 0 atom stereocenters. The van der Waals surface area contributed by atoms with E-state index in [4.69, 9.17) is 0 Å². The van der Waals surface area contributed by atoms with Crippen LogP contribution in [0.15, 0.2) is 18.2 Å². The fraction of sp³-hybridized carbons (Fsp3) is 0.438. The molecule has 1 aliphatic carbocycles. The van der Waals surface area contributed by atoms with E-state index in [2.05, 4.69) is 28.1 Å². The molecule has 3 N–H and O–H groups in total. The summed E-state index contributed by atoms with van der Waals surface area (Å²) in [7, 11) is 11.2. The van der Waals surface area contributed by atoms with Gasteiger partial charge < -0.3 is 53.1 Å². The molecule has 3 nitrogen and oxygen atoms in total. The molecule has 4 heteroatoms. The Bertz CT molecular complexity index is 102. The Hall–Kier alpha value is 0.0743. The van der Waals surface area contributed by atoms with Crippen LogP contribution in [0.1, 0.15) is 6.42 Å². The third-order valence-electron chi connectivity index (χ3n) is 0.586. The minimum absolute atomic E-state index is 0. The van der Waals surface area contributed by atoms with Gasteiger partial charge in [0.15, 0.2) is 0 Å². The van der Waals surface area contributed by atoms with Crippen LogP contribution in [0.25, 0.3) is 0 Å². The summed E-state index contributed by atoms with van der Waals surface area (Å²) in [4.78, 5) is 0. The second-order valence-corrected chi connectivity index (χ2v) is 2.50. The minimum Gasteiger partial charge on any atom is -0.358 e. The zero-order chi connectivity index (χ0) is 11.7. The predicted octanol–water partition coefficient (Wildman–Crippen LogP) is 3.06. The minimum atomic E-state index is 0. The molecule has 0 bridgehead atoms. The first kappa shape index (κ1) is 59.6. The first-order chi connectivity index (χ1) is 6.74. The van der Waals surface area contributed by atoms with Crippen LogP contribution in [-0.2, 0) is 21.7 Å². The van der Waals surface area contributed by atoms with Crippen molar-refractivity contribution in [1.82, 2.24) is 16.0 Å². The topological polar surface area (TPSA) is 36.1 Å². The summed E-state index contributed by atoms with van der Waals surface area (Å²) < 4.78 is 0. The zero-order valence-corrected chi connectivity index (χ0v) is 17.5. The number of hydrogen-bond acceptors (Lipinski definition) is 3. The maximum Gasteiger partial charge on any atom is 0 e. The molecule has 20 heavy (non-hydrogen) atoms. The van der Waals surface area contributed by atoms with Crippen molar-refractivity contribution in [2.75, 3.05) is 42.3 Å². The van der Waals surface area contributed by atoms with Crippen LogP contribution in [0.3, 0.4) is 0 Å². The molecule has 0 spiro atoms. The number of nitrogens with one attached hydrogen (secondary N) is 3. The summed E-state index contributed by atoms with van der Waals surface area (Å²) >= 11 is 0. The summed E-state index contributed by atoms with van der Waals surface area (Å²) in [5, 5.41) is 8.25. The van der Waals surface area contributed by atoms with Gasteiger partial charge in [-0.3, -0.25) is 6.08 Å². The number of rotatable bonds is 0. The first-order valence-electron chi connectivity index (χ1n) is 4.72. The summed E-state index contributed by atoms with van der Waals surface area (Å²) in [6, 6.07) is 0. The van der Waals surface area contributed by atoms with Crippen molar-refractivity contribution in [1.29, 1.82) is 0 Å². The van der Waals surface area contributed by atoms with Crippen molar-refractivity contribution in [2.24, 2.45) is 0 Å². The molecule has 1 aliphatic rings. The Balaban J connectivity index is -0.0000000108. The first-order valence-corrected chi connectivity index (χ1v) is 4.72. The van der Waals surface area contributed by atoms with E-state index >= 15 is 0 Å². The maximum absolute atomic E-state index is 2.99. The van der Waals surface area contributed by atoms with Crippen molar-refractivity contribution in [3.63, 3.8) is 0 Å². The van der Waals surface area contributed by atoms with Gasteiger partial charge >= 0.3 is 0 Å². The average molecular weight is 323 g/mol. The standard InChI is InChI=1S/C5H5.3C2H7N.5CH3.Ti/c1-2-4-5-3-1;3*1-3-2;;;;;;/h1-3H,4H2;3*3H,1-2H3;5*1H3;/q-1;;;;5*-1;. The van der Waals surface area contributed by atoms with E-state index in [1.165, 1.54) is 0 Å². The van der Waals surface area contributed by atoms with Crippen molar-refractivity contribution < 1.29 is 21.7 Å². The van der Waals surface area contributed by atoms with Crippen LogP contribution >= 0.6 is 0 Å². The summed E-state index contributed by atoms with van der Waals surface area (Å²) in [5.74, 6) is 0. The molecular formula is C16H41N3Ti-6. The van der Waals surface area contributed by atoms with E-state index in [-0.39, 0.29) is 58.9 Å². The molecule has 0 aromatic heterocycles. The van der Waals surface area contributed by atoms with Crippen molar-refractivity contribution in [3.8, 4) is 0 Å². The summed E-state index contributed by atoms with van der Waals surface area (Å²) in [6.45, 7) is 0. The van der Waals surface area contributed by atoms with Gasteiger partial charge in [0.25, 0.3) is 0 Å². The van der Waals surface area contributed by atoms with E-state index in [1.54, 1.807) is 0 Å². The Kier molecular flexibility index (Phi) is 285. The van der Waals surface area contributed by atoms with Crippen LogP contribution in [0.4, 0.5) is 0 Å². The van der Waals surface area contributed by atoms with Gasteiger partial charge in [-0.2, -0.15) is 6.08 Å². The second kappa shape index (κ2) is 95.6. The molecule has 0 aliphatic heterocycles. The smallest absolute Gasteiger partial charge is 0 e. The zero-order valence-electron chi connectivity index (χ0n) is 15.9. The molecule has 0 heterocycles. The van der Waals surface area contributed by atoms with E-state index in [0.29, 0.717) is 0 Å². The quantitative estimate of drug-likeness (QED) is 0.474. The third kappa shape index (κ3) is 205. The Morgan fingerprint density at radius 1 is 0.700 bits per heavy atom. The molecule has 130 valence electrons. The van der Waals surface area contributed by atoms with Gasteiger partial charge in [0.1, 0.15) is 0 Å². The van der Waals surface area contributed by atoms with Crippen LogP contribution in [0.2, 0.25) is 0 Å². The number of allylic oxidation sites excluding steroid dienone is 4. The van der Waals surface area contributed by atoms with Crippen LogP contribution in [0.5, 0.6) is 0 Å². The predicted molar refractivity (Wildman–Crippen MR) is 98.6 cm³/mol. The van der Waals surface area contributed by atoms with E-state index in [0.717, 1.165) is 6.42 Å². The Morgan fingerprint density at radius 3 is 1.00 bits per heavy atom. The van der Waals surface area contributed by atoms with Crippen molar-refractivity contribution in [2.45, 2.75) is 6.42 Å². The molecule has 0 aromatic rings. The van der Waals surface area contributed by atoms with Gasteiger partial charge in [-0.15, -0.1) is 6.42 Å². The van der Waals surface area contributed by atoms with Crippen LogP contribution in [0, 0.1) is 43.2 Å².